The van der Waals surface area contributed by atoms with Crippen molar-refractivity contribution in [2.24, 2.45) is 11.8 Å². The summed E-state index contributed by atoms with van der Waals surface area (Å²) in [6, 6.07) is 0. The highest BCUT2D eigenvalue weighted by molar-refractivity contribution is 5.75. The second-order valence-electron chi connectivity index (χ2n) is 5.74. The predicted octanol–water partition coefficient (Wildman–Crippen LogP) is -0.655. The first-order valence-corrected chi connectivity index (χ1v) is 5.81. The largest absolute Gasteiger partial charge is 0.498 e. The highest BCUT2D eigenvalue weighted by Crippen LogP contribution is 2.35. The van der Waals surface area contributed by atoms with Crippen molar-refractivity contribution in [1.29, 1.82) is 0 Å². The van der Waals surface area contributed by atoms with Crippen molar-refractivity contribution >= 4 is 12.0 Å². The number of nitrogens with one attached hydrogen (secondary N) is 1. The summed E-state index contributed by atoms with van der Waals surface area (Å²) >= 11 is 0. The number of carbonyl (C=O) groups is 2. The molecular weight excluding hydrogens is 222 g/mol. The number of likely N-dealkylation sites (tertiary alicyclic amines) is 1. The summed E-state index contributed by atoms with van der Waals surface area (Å²) < 4.78 is -0.0878. The SMILES string of the molecule is CC(C)(C)[N+]1(C(=O)[O-])CC[C@@H](CC(=O)NN)C1. The van der Waals surface area contributed by atoms with Gasteiger partial charge in [0.25, 0.3) is 6.09 Å². The van der Waals surface area contributed by atoms with Crippen molar-refractivity contribution < 1.29 is 19.2 Å². The van der Waals surface area contributed by atoms with Gasteiger partial charge in [-0.05, 0) is 20.8 Å². The van der Waals surface area contributed by atoms with Crippen molar-refractivity contribution in [1.82, 2.24) is 5.43 Å². The number of quaternary nitrogens is 1. The van der Waals surface area contributed by atoms with Gasteiger partial charge in [-0.3, -0.25) is 14.7 Å². The second-order valence-corrected chi connectivity index (χ2v) is 5.74. The number of amides is 2. The Bertz CT molecular complexity index is 324. The quantitative estimate of drug-likeness (QED) is 0.291. The number of rotatable bonds is 2. The first-order valence-electron chi connectivity index (χ1n) is 5.81. The fraction of sp³-hybridized carbons (Fsp3) is 0.818. The Morgan fingerprint density at radius 3 is 2.41 bits per heavy atom. The third-order valence-electron chi connectivity index (χ3n) is 3.76. The fourth-order valence-electron chi connectivity index (χ4n) is 2.56. The van der Waals surface area contributed by atoms with Crippen molar-refractivity contribution in [2.45, 2.75) is 39.2 Å². The second kappa shape index (κ2) is 4.62. The first-order chi connectivity index (χ1) is 7.73. The molecule has 1 unspecified atom stereocenters. The van der Waals surface area contributed by atoms with Gasteiger partial charge in [0.1, 0.15) is 0 Å². The van der Waals surface area contributed by atoms with E-state index in [1.54, 1.807) is 0 Å². The third kappa shape index (κ3) is 2.58. The average molecular weight is 243 g/mol. The van der Waals surface area contributed by atoms with Crippen molar-refractivity contribution in [3.05, 3.63) is 0 Å². The number of hydrogen-bond acceptors (Lipinski definition) is 4. The van der Waals surface area contributed by atoms with E-state index in [1.165, 1.54) is 0 Å². The van der Waals surface area contributed by atoms with Crippen molar-refractivity contribution in [3.63, 3.8) is 0 Å². The van der Waals surface area contributed by atoms with E-state index in [9.17, 15) is 14.7 Å². The van der Waals surface area contributed by atoms with E-state index in [2.05, 4.69) is 5.43 Å². The molecule has 1 saturated heterocycles. The van der Waals surface area contributed by atoms with Gasteiger partial charge in [0, 0.05) is 18.8 Å². The van der Waals surface area contributed by atoms with Gasteiger partial charge in [-0.2, -0.15) is 0 Å². The smallest absolute Gasteiger partial charge is 0.257 e. The molecule has 0 aromatic carbocycles. The zero-order chi connectivity index (χ0) is 13.3. The number of carbonyl (C=O) groups excluding carboxylic acids is 2. The van der Waals surface area contributed by atoms with Crippen molar-refractivity contribution in [2.75, 3.05) is 13.1 Å². The molecule has 6 nitrogen and oxygen atoms in total. The third-order valence-corrected chi connectivity index (χ3v) is 3.76. The molecule has 3 N–H and O–H groups in total. The van der Waals surface area contributed by atoms with Crippen LogP contribution in [0.1, 0.15) is 33.6 Å². The van der Waals surface area contributed by atoms with Gasteiger partial charge in [0.15, 0.2) is 0 Å². The Labute approximate surface area is 101 Å². The molecule has 1 aliphatic heterocycles. The summed E-state index contributed by atoms with van der Waals surface area (Å²) in [5.74, 6) is 4.83. The monoisotopic (exact) mass is 243 g/mol. The van der Waals surface area contributed by atoms with Crippen LogP contribution < -0.4 is 16.4 Å². The lowest BCUT2D eigenvalue weighted by Crippen LogP contribution is -2.66. The summed E-state index contributed by atoms with van der Waals surface area (Å²) in [6.45, 7) is 6.59. The highest BCUT2D eigenvalue weighted by atomic mass is 16.4. The fourth-order valence-corrected chi connectivity index (χ4v) is 2.56. The predicted molar refractivity (Wildman–Crippen MR) is 60.2 cm³/mol. The molecule has 17 heavy (non-hydrogen) atoms. The number of carboxylic acid groups (broad SMARTS) is 1. The van der Waals surface area contributed by atoms with Crippen LogP contribution in [-0.4, -0.2) is 35.1 Å². The minimum absolute atomic E-state index is 0.0516. The van der Waals surface area contributed by atoms with E-state index >= 15 is 0 Å². The Hall–Kier alpha value is -1.14. The molecule has 0 aromatic rings. The van der Waals surface area contributed by atoms with Crippen LogP contribution in [0.3, 0.4) is 0 Å². The number of nitrogens with two attached hydrogens (primary N) is 1. The summed E-state index contributed by atoms with van der Waals surface area (Å²) in [6.07, 6.45) is -0.0772. The van der Waals surface area contributed by atoms with E-state index in [4.69, 9.17) is 5.84 Å². The molecule has 0 aliphatic carbocycles. The molecule has 1 fully saturated rings. The van der Waals surface area contributed by atoms with Crippen LogP contribution in [0.5, 0.6) is 0 Å². The molecule has 98 valence electrons. The minimum atomic E-state index is -1.06. The summed E-state index contributed by atoms with van der Waals surface area (Å²) in [7, 11) is 0. The number of hydrogen-bond donors (Lipinski definition) is 2. The molecule has 0 bridgehead atoms. The van der Waals surface area contributed by atoms with E-state index in [0.717, 1.165) is 0 Å². The maximum absolute atomic E-state index is 11.4. The molecule has 0 aromatic heterocycles. The molecule has 2 atom stereocenters. The Morgan fingerprint density at radius 2 is 2.06 bits per heavy atom. The van der Waals surface area contributed by atoms with Crippen LogP contribution in [0.15, 0.2) is 0 Å². The zero-order valence-electron chi connectivity index (χ0n) is 10.7. The van der Waals surface area contributed by atoms with Crippen LogP contribution >= 0.6 is 0 Å². The van der Waals surface area contributed by atoms with Crippen LogP contribution in [0.4, 0.5) is 4.79 Å². The molecule has 1 rings (SSSR count). The van der Waals surface area contributed by atoms with Crippen molar-refractivity contribution in [3.8, 4) is 0 Å². The van der Waals surface area contributed by atoms with Crippen LogP contribution in [-0.2, 0) is 4.79 Å². The van der Waals surface area contributed by atoms with Gasteiger partial charge in [-0.1, -0.05) is 0 Å². The molecule has 2 amide bonds. The Kier molecular flexibility index (Phi) is 3.78. The maximum atomic E-state index is 11.4. The average Bonchev–Trinajstić information content (AvgIpc) is 2.62. The zero-order valence-corrected chi connectivity index (χ0v) is 10.7. The lowest BCUT2D eigenvalue weighted by molar-refractivity contribution is -0.910. The van der Waals surface area contributed by atoms with E-state index in [0.29, 0.717) is 19.5 Å². The molecule has 6 heteroatoms. The van der Waals surface area contributed by atoms with Crippen LogP contribution in [0, 0.1) is 5.92 Å². The number of nitrogens with zero attached hydrogens (tertiary/aromatic N) is 1. The topological polar surface area (TPSA) is 95.2 Å². The minimum Gasteiger partial charge on any atom is -0.498 e. The standard InChI is InChI=1S/C11H21N3O3/c1-11(2,3)14(10(16)17)5-4-8(7-14)6-9(15)13-12/h8H,4-7,12H2,1-3H3,(H-,13,15,16,17)/t8-,14?/m0/s1. The maximum Gasteiger partial charge on any atom is 0.257 e. The summed E-state index contributed by atoms with van der Waals surface area (Å²) in [5.41, 5.74) is 1.65. The molecule has 1 heterocycles. The van der Waals surface area contributed by atoms with Gasteiger partial charge >= 0.3 is 0 Å². The lowest BCUT2D eigenvalue weighted by atomic mass is 10.0. The molecule has 0 radical (unpaired) electrons. The van der Waals surface area contributed by atoms with E-state index in [1.807, 2.05) is 20.8 Å². The van der Waals surface area contributed by atoms with Gasteiger partial charge < -0.3 is 9.90 Å². The van der Waals surface area contributed by atoms with Gasteiger partial charge in [-0.25, -0.2) is 5.84 Å². The normalized spacial score (nSPS) is 29.1. The van der Waals surface area contributed by atoms with Crippen LogP contribution in [0.25, 0.3) is 0 Å². The van der Waals surface area contributed by atoms with Gasteiger partial charge in [0.2, 0.25) is 5.91 Å². The number of hydrazine groups is 1. The molecule has 0 spiro atoms. The Balaban J connectivity index is 2.80. The highest BCUT2D eigenvalue weighted by Gasteiger charge is 2.48. The molecule has 0 saturated carbocycles. The van der Waals surface area contributed by atoms with Gasteiger partial charge in [-0.15, -0.1) is 0 Å². The molecular formula is C11H21N3O3. The van der Waals surface area contributed by atoms with Crippen LogP contribution in [0.2, 0.25) is 0 Å². The van der Waals surface area contributed by atoms with Gasteiger partial charge in [0.05, 0.1) is 18.6 Å². The van der Waals surface area contributed by atoms with E-state index < -0.39 is 11.6 Å². The molecule has 1 aliphatic rings. The summed E-state index contributed by atoms with van der Waals surface area (Å²) in [4.78, 5) is 22.6. The first kappa shape index (κ1) is 13.9. The van der Waals surface area contributed by atoms with E-state index in [-0.39, 0.29) is 22.7 Å². The summed E-state index contributed by atoms with van der Waals surface area (Å²) in [5, 5.41) is 11.4. The lowest BCUT2D eigenvalue weighted by Gasteiger charge is -2.45. The Morgan fingerprint density at radius 1 is 1.47 bits per heavy atom.